The lowest BCUT2D eigenvalue weighted by Crippen LogP contribution is -2.42. The first-order chi connectivity index (χ1) is 10.5. The number of fused-ring (bicyclic) bond motifs is 1. The molecule has 0 saturated carbocycles. The second-order valence-electron chi connectivity index (χ2n) is 6.24. The number of methoxy groups -OCH3 is 1. The molecule has 1 aromatic carbocycles. The van der Waals surface area contributed by atoms with Crippen LogP contribution in [-0.2, 0) is 23.7 Å². The molecule has 2 saturated heterocycles. The standard InChI is InChI=1S/C17H22O5/c1-17(2)21-13-9-12(10-14(18)19-3)20-15(16(13)22-17)11-7-5-4-6-8-11/h4-8,12-13,15-16H,9-10H2,1-3H3/t12-,13+,15-,16+/m1/s1. The summed E-state index contributed by atoms with van der Waals surface area (Å²) in [6.07, 6.45) is 0.155. The summed E-state index contributed by atoms with van der Waals surface area (Å²) in [7, 11) is 1.39. The molecule has 2 fully saturated rings. The summed E-state index contributed by atoms with van der Waals surface area (Å²) in [5.74, 6) is -0.903. The molecule has 0 radical (unpaired) electrons. The first-order valence-electron chi connectivity index (χ1n) is 7.61. The van der Waals surface area contributed by atoms with Gasteiger partial charge in [0.2, 0.25) is 0 Å². The number of rotatable bonds is 3. The predicted molar refractivity (Wildman–Crippen MR) is 79.1 cm³/mol. The monoisotopic (exact) mass is 306 g/mol. The largest absolute Gasteiger partial charge is 0.469 e. The number of carbonyl (C=O) groups is 1. The zero-order chi connectivity index (χ0) is 15.7. The Bertz CT molecular complexity index is 527. The fraction of sp³-hybridized carbons (Fsp3) is 0.588. The number of hydrogen-bond donors (Lipinski definition) is 0. The fourth-order valence-electron chi connectivity index (χ4n) is 3.21. The van der Waals surface area contributed by atoms with Crippen molar-refractivity contribution in [2.24, 2.45) is 0 Å². The maximum Gasteiger partial charge on any atom is 0.308 e. The molecule has 120 valence electrons. The second-order valence-corrected chi connectivity index (χ2v) is 6.24. The van der Waals surface area contributed by atoms with Crippen LogP contribution in [0.5, 0.6) is 0 Å². The number of esters is 1. The van der Waals surface area contributed by atoms with E-state index in [-0.39, 0.29) is 36.8 Å². The first-order valence-corrected chi connectivity index (χ1v) is 7.61. The van der Waals surface area contributed by atoms with Gasteiger partial charge in [-0.2, -0.15) is 0 Å². The van der Waals surface area contributed by atoms with Crippen molar-refractivity contribution in [1.29, 1.82) is 0 Å². The summed E-state index contributed by atoms with van der Waals surface area (Å²) in [6.45, 7) is 3.81. The highest BCUT2D eigenvalue weighted by molar-refractivity contribution is 5.69. The van der Waals surface area contributed by atoms with Gasteiger partial charge in [-0.15, -0.1) is 0 Å². The van der Waals surface area contributed by atoms with Gasteiger partial charge < -0.3 is 18.9 Å². The molecule has 4 atom stereocenters. The molecule has 0 amide bonds. The van der Waals surface area contributed by atoms with Gasteiger partial charge in [0.1, 0.15) is 12.2 Å². The van der Waals surface area contributed by atoms with Gasteiger partial charge in [-0.25, -0.2) is 0 Å². The van der Waals surface area contributed by atoms with E-state index >= 15 is 0 Å². The van der Waals surface area contributed by atoms with Gasteiger partial charge in [-0.1, -0.05) is 30.3 Å². The van der Waals surface area contributed by atoms with Crippen molar-refractivity contribution in [3.8, 4) is 0 Å². The van der Waals surface area contributed by atoms with Crippen molar-refractivity contribution >= 4 is 5.97 Å². The molecule has 5 nitrogen and oxygen atoms in total. The third-order valence-corrected chi connectivity index (χ3v) is 4.10. The molecule has 2 aliphatic heterocycles. The van der Waals surface area contributed by atoms with E-state index in [1.807, 2.05) is 44.2 Å². The molecule has 0 bridgehead atoms. The molecule has 2 aliphatic rings. The van der Waals surface area contributed by atoms with Crippen LogP contribution in [0.25, 0.3) is 0 Å². The van der Waals surface area contributed by atoms with Crippen LogP contribution in [-0.4, -0.2) is 37.2 Å². The van der Waals surface area contributed by atoms with Crippen LogP contribution in [0.3, 0.4) is 0 Å². The maximum atomic E-state index is 11.6. The molecule has 5 heteroatoms. The van der Waals surface area contributed by atoms with Crippen LogP contribution in [0.2, 0.25) is 0 Å². The Morgan fingerprint density at radius 2 is 2.00 bits per heavy atom. The van der Waals surface area contributed by atoms with E-state index in [0.29, 0.717) is 6.42 Å². The smallest absolute Gasteiger partial charge is 0.308 e. The lowest BCUT2D eigenvalue weighted by atomic mass is 9.92. The Balaban J connectivity index is 1.83. The third kappa shape index (κ3) is 3.16. The molecule has 0 aromatic heterocycles. The summed E-state index contributed by atoms with van der Waals surface area (Å²) >= 11 is 0. The minimum atomic E-state index is -0.633. The molecule has 0 N–H and O–H groups in total. The van der Waals surface area contributed by atoms with Gasteiger partial charge in [-0.3, -0.25) is 4.79 Å². The van der Waals surface area contributed by atoms with Crippen molar-refractivity contribution in [3.63, 3.8) is 0 Å². The number of carbonyl (C=O) groups excluding carboxylic acids is 1. The van der Waals surface area contributed by atoms with Crippen LogP contribution in [0.4, 0.5) is 0 Å². The van der Waals surface area contributed by atoms with Crippen LogP contribution in [0, 0.1) is 0 Å². The minimum Gasteiger partial charge on any atom is -0.469 e. The summed E-state index contributed by atoms with van der Waals surface area (Å²) in [4.78, 5) is 11.6. The molecule has 0 aliphatic carbocycles. The molecule has 0 unspecified atom stereocenters. The Labute approximate surface area is 130 Å². The van der Waals surface area contributed by atoms with Crippen molar-refractivity contribution < 1.29 is 23.7 Å². The zero-order valence-corrected chi connectivity index (χ0v) is 13.2. The van der Waals surface area contributed by atoms with Crippen LogP contribution in [0.1, 0.15) is 38.4 Å². The van der Waals surface area contributed by atoms with E-state index in [9.17, 15) is 4.79 Å². The number of hydrogen-bond acceptors (Lipinski definition) is 5. The van der Waals surface area contributed by atoms with Crippen molar-refractivity contribution in [3.05, 3.63) is 35.9 Å². The Morgan fingerprint density at radius 1 is 1.27 bits per heavy atom. The maximum absolute atomic E-state index is 11.6. The lowest BCUT2D eigenvalue weighted by Gasteiger charge is -2.36. The predicted octanol–water partition coefficient (Wildman–Crippen LogP) is 2.60. The van der Waals surface area contributed by atoms with Gasteiger partial charge in [0.05, 0.1) is 25.7 Å². The highest BCUT2D eigenvalue weighted by atomic mass is 16.8. The number of ether oxygens (including phenoxy) is 4. The van der Waals surface area contributed by atoms with Gasteiger partial charge in [0.25, 0.3) is 0 Å². The lowest BCUT2D eigenvalue weighted by molar-refractivity contribution is -0.166. The van der Waals surface area contributed by atoms with Crippen molar-refractivity contribution in [1.82, 2.24) is 0 Å². The molecular formula is C17H22O5. The molecule has 1 aromatic rings. The van der Waals surface area contributed by atoms with E-state index in [4.69, 9.17) is 18.9 Å². The summed E-state index contributed by atoms with van der Waals surface area (Å²) in [5, 5.41) is 0. The second kappa shape index (κ2) is 5.99. The van der Waals surface area contributed by atoms with Gasteiger partial charge in [0, 0.05) is 6.42 Å². The summed E-state index contributed by atoms with van der Waals surface area (Å²) in [5.41, 5.74) is 1.04. The summed E-state index contributed by atoms with van der Waals surface area (Å²) in [6, 6.07) is 9.93. The van der Waals surface area contributed by atoms with Crippen LogP contribution >= 0.6 is 0 Å². The van der Waals surface area contributed by atoms with Crippen molar-refractivity contribution in [2.75, 3.05) is 7.11 Å². The molecule has 2 heterocycles. The van der Waals surface area contributed by atoms with E-state index in [1.165, 1.54) is 7.11 Å². The molecule has 0 spiro atoms. The SMILES string of the molecule is COC(=O)C[C@H]1C[C@@H]2OC(C)(C)O[C@@H]2[C@@H](c2ccccc2)O1. The van der Waals surface area contributed by atoms with Gasteiger partial charge >= 0.3 is 5.97 Å². The highest BCUT2D eigenvalue weighted by Crippen LogP contribution is 2.43. The average Bonchev–Trinajstić information content (AvgIpc) is 2.81. The number of benzene rings is 1. The van der Waals surface area contributed by atoms with Crippen molar-refractivity contribution in [2.45, 2.75) is 56.9 Å². The topological polar surface area (TPSA) is 54.0 Å². The quantitative estimate of drug-likeness (QED) is 0.804. The average molecular weight is 306 g/mol. The third-order valence-electron chi connectivity index (χ3n) is 4.10. The highest BCUT2D eigenvalue weighted by Gasteiger charge is 2.50. The zero-order valence-electron chi connectivity index (χ0n) is 13.2. The molecule has 22 heavy (non-hydrogen) atoms. The normalized spacial score (nSPS) is 33.2. The van der Waals surface area contributed by atoms with E-state index < -0.39 is 5.79 Å². The minimum absolute atomic E-state index is 0.0800. The van der Waals surface area contributed by atoms with Crippen LogP contribution in [0.15, 0.2) is 30.3 Å². The Kier molecular flexibility index (Phi) is 4.21. The molecular weight excluding hydrogens is 284 g/mol. The molecule has 3 rings (SSSR count). The summed E-state index contributed by atoms with van der Waals surface area (Å²) < 4.78 is 22.9. The van der Waals surface area contributed by atoms with E-state index in [2.05, 4.69) is 0 Å². The van der Waals surface area contributed by atoms with E-state index in [0.717, 1.165) is 5.56 Å². The Hall–Kier alpha value is -1.43. The van der Waals surface area contributed by atoms with E-state index in [1.54, 1.807) is 0 Å². The fourth-order valence-corrected chi connectivity index (χ4v) is 3.21. The Morgan fingerprint density at radius 3 is 2.68 bits per heavy atom. The first kappa shape index (κ1) is 15.5. The van der Waals surface area contributed by atoms with Gasteiger partial charge in [-0.05, 0) is 19.4 Å². The van der Waals surface area contributed by atoms with Crippen LogP contribution < -0.4 is 0 Å². The van der Waals surface area contributed by atoms with Gasteiger partial charge in [0.15, 0.2) is 5.79 Å².